The minimum atomic E-state index is -1.04. The zero-order valence-corrected chi connectivity index (χ0v) is 9.30. The fourth-order valence-corrected chi connectivity index (χ4v) is 1.57. The van der Waals surface area contributed by atoms with Crippen LogP contribution >= 0.6 is 0 Å². The van der Waals surface area contributed by atoms with Crippen LogP contribution in [0.4, 0.5) is 4.39 Å². The summed E-state index contributed by atoms with van der Waals surface area (Å²) in [5.41, 5.74) is 0.719. The Hall–Kier alpha value is -1.94. The molecule has 0 amide bonds. The molecule has 0 aliphatic carbocycles. The highest BCUT2D eigenvalue weighted by atomic mass is 19.1. The van der Waals surface area contributed by atoms with Crippen molar-refractivity contribution in [1.82, 2.24) is 4.98 Å². The van der Waals surface area contributed by atoms with Gasteiger partial charge in [-0.05, 0) is 12.1 Å². The number of rotatable bonds is 3. The van der Waals surface area contributed by atoms with E-state index in [9.17, 15) is 9.50 Å². The first kappa shape index (κ1) is 11.5. The molecule has 0 aliphatic rings. The van der Waals surface area contributed by atoms with Crippen LogP contribution in [0.25, 0.3) is 0 Å². The Kier molecular flexibility index (Phi) is 3.35. The van der Waals surface area contributed by atoms with Gasteiger partial charge in [-0.3, -0.25) is 4.98 Å². The summed E-state index contributed by atoms with van der Waals surface area (Å²) in [4.78, 5) is 3.92. The molecule has 1 heterocycles. The van der Waals surface area contributed by atoms with Crippen LogP contribution in [-0.2, 0) is 0 Å². The van der Waals surface area contributed by atoms with E-state index in [2.05, 4.69) is 4.98 Å². The summed E-state index contributed by atoms with van der Waals surface area (Å²) in [6.45, 7) is 0. The van der Waals surface area contributed by atoms with Crippen LogP contribution in [0.1, 0.15) is 17.2 Å². The molecule has 2 aromatic rings. The van der Waals surface area contributed by atoms with Crippen molar-refractivity contribution < 1.29 is 14.2 Å². The van der Waals surface area contributed by atoms with E-state index in [4.69, 9.17) is 4.74 Å². The Morgan fingerprint density at radius 1 is 1.29 bits per heavy atom. The summed E-state index contributed by atoms with van der Waals surface area (Å²) in [5, 5.41) is 10.1. The Morgan fingerprint density at radius 3 is 2.76 bits per heavy atom. The molecule has 17 heavy (non-hydrogen) atoms. The lowest BCUT2D eigenvalue weighted by Gasteiger charge is -2.12. The van der Waals surface area contributed by atoms with Gasteiger partial charge >= 0.3 is 0 Å². The standard InChI is InChI=1S/C13H12FNO2/c1-17-10-6-9(7-15-8-10)13(16)11-4-2-3-5-12(11)14/h2-8,13,16H,1H3. The Morgan fingerprint density at radius 2 is 2.06 bits per heavy atom. The maximum absolute atomic E-state index is 13.5. The molecule has 4 heteroatoms. The van der Waals surface area contributed by atoms with Crippen LogP contribution in [0.5, 0.6) is 5.75 Å². The van der Waals surface area contributed by atoms with Gasteiger partial charge in [-0.1, -0.05) is 18.2 Å². The molecular weight excluding hydrogens is 221 g/mol. The predicted octanol–water partition coefficient (Wildman–Crippen LogP) is 2.31. The van der Waals surface area contributed by atoms with Gasteiger partial charge in [0.05, 0.1) is 13.3 Å². The smallest absolute Gasteiger partial charge is 0.137 e. The van der Waals surface area contributed by atoms with E-state index in [0.29, 0.717) is 11.3 Å². The van der Waals surface area contributed by atoms with Crippen molar-refractivity contribution in [3.05, 3.63) is 59.7 Å². The summed E-state index contributed by atoms with van der Waals surface area (Å²) < 4.78 is 18.5. The third-order valence-electron chi connectivity index (χ3n) is 2.49. The lowest BCUT2D eigenvalue weighted by Crippen LogP contribution is -2.03. The lowest BCUT2D eigenvalue weighted by atomic mass is 10.0. The molecule has 0 bridgehead atoms. The molecule has 0 aliphatic heterocycles. The molecule has 2 rings (SSSR count). The average molecular weight is 233 g/mol. The number of pyridine rings is 1. The highest BCUT2D eigenvalue weighted by Crippen LogP contribution is 2.25. The normalized spacial score (nSPS) is 12.2. The third kappa shape index (κ3) is 2.42. The van der Waals surface area contributed by atoms with E-state index in [0.717, 1.165) is 0 Å². The molecular formula is C13H12FNO2. The zero-order valence-electron chi connectivity index (χ0n) is 9.30. The number of nitrogens with zero attached hydrogens (tertiary/aromatic N) is 1. The molecule has 1 aromatic heterocycles. The maximum Gasteiger partial charge on any atom is 0.137 e. The van der Waals surface area contributed by atoms with Gasteiger partial charge in [0.15, 0.2) is 0 Å². The predicted molar refractivity (Wildman–Crippen MR) is 61.3 cm³/mol. The van der Waals surface area contributed by atoms with Gasteiger partial charge in [0.1, 0.15) is 17.7 Å². The first-order chi connectivity index (χ1) is 8.22. The van der Waals surface area contributed by atoms with Crippen molar-refractivity contribution in [3.63, 3.8) is 0 Å². The highest BCUT2D eigenvalue weighted by Gasteiger charge is 2.15. The molecule has 1 atom stereocenters. The van der Waals surface area contributed by atoms with E-state index < -0.39 is 11.9 Å². The first-order valence-electron chi connectivity index (χ1n) is 5.14. The van der Waals surface area contributed by atoms with Gasteiger partial charge in [0.25, 0.3) is 0 Å². The van der Waals surface area contributed by atoms with Gasteiger partial charge in [0, 0.05) is 17.3 Å². The summed E-state index contributed by atoms with van der Waals surface area (Å²) >= 11 is 0. The van der Waals surface area contributed by atoms with Gasteiger partial charge in [-0.25, -0.2) is 4.39 Å². The number of aliphatic hydroxyl groups excluding tert-OH is 1. The minimum Gasteiger partial charge on any atom is -0.495 e. The number of methoxy groups -OCH3 is 1. The highest BCUT2D eigenvalue weighted by molar-refractivity contribution is 5.32. The van der Waals surface area contributed by atoms with Gasteiger partial charge in [-0.15, -0.1) is 0 Å². The van der Waals surface area contributed by atoms with Crippen molar-refractivity contribution >= 4 is 0 Å². The molecule has 1 unspecified atom stereocenters. The third-order valence-corrected chi connectivity index (χ3v) is 2.49. The second kappa shape index (κ2) is 4.93. The van der Waals surface area contributed by atoms with Crippen LogP contribution in [0.15, 0.2) is 42.7 Å². The number of benzene rings is 1. The second-order valence-corrected chi connectivity index (χ2v) is 3.58. The van der Waals surface area contributed by atoms with Crippen LogP contribution in [0.2, 0.25) is 0 Å². The number of ether oxygens (including phenoxy) is 1. The van der Waals surface area contributed by atoms with E-state index >= 15 is 0 Å². The number of hydrogen-bond donors (Lipinski definition) is 1. The minimum absolute atomic E-state index is 0.225. The summed E-state index contributed by atoms with van der Waals surface area (Å²) in [6, 6.07) is 7.74. The van der Waals surface area contributed by atoms with Crippen molar-refractivity contribution in [1.29, 1.82) is 0 Å². The van der Waals surface area contributed by atoms with E-state index in [1.807, 2.05) is 0 Å². The van der Waals surface area contributed by atoms with Crippen molar-refractivity contribution in [3.8, 4) is 5.75 Å². The Labute approximate surface area is 98.5 Å². The first-order valence-corrected chi connectivity index (χ1v) is 5.14. The van der Waals surface area contributed by atoms with E-state index in [1.54, 1.807) is 24.3 Å². The van der Waals surface area contributed by atoms with E-state index in [-0.39, 0.29) is 5.56 Å². The summed E-state index contributed by atoms with van der Waals surface area (Å²) in [6.07, 6.45) is 1.97. The second-order valence-electron chi connectivity index (χ2n) is 3.58. The molecule has 0 spiro atoms. The molecule has 88 valence electrons. The molecule has 0 saturated heterocycles. The quantitative estimate of drug-likeness (QED) is 0.884. The average Bonchev–Trinajstić information content (AvgIpc) is 2.38. The molecule has 3 nitrogen and oxygen atoms in total. The molecule has 0 saturated carbocycles. The van der Waals surface area contributed by atoms with Gasteiger partial charge in [0.2, 0.25) is 0 Å². The van der Waals surface area contributed by atoms with Crippen LogP contribution in [0, 0.1) is 5.82 Å². The van der Waals surface area contributed by atoms with Crippen LogP contribution in [-0.4, -0.2) is 17.2 Å². The van der Waals surface area contributed by atoms with Crippen molar-refractivity contribution in [2.24, 2.45) is 0 Å². The topological polar surface area (TPSA) is 42.4 Å². The molecule has 1 N–H and O–H groups in total. The van der Waals surface area contributed by atoms with Crippen molar-refractivity contribution in [2.75, 3.05) is 7.11 Å². The number of hydrogen-bond acceptors (Lipinski definition) is 3. The summed E-state index contributed by atoms with van der Waals surface area (Å²) in [5.74, 6) is 0.0840. The van der Waals surface area contributed by atoms with Crippen molar-refractivity contribution in [2.45, 2.75) is 6.10 Å². The number of halogens is 1. The lowest BCUT2D eigenvalue weighted by molar-refractivity contribution is 0.214. The number of aliphatic hydroxyl groups is 1. The monoisotopic (exact) mass is 233 g/mol. The zero-order chi connectivity index (χ0) is 12.3. The fourth-order valence-electron chi connectivity index (χ4n) is 1.57. The maximum atomic E-state index is 13.5. The molecule has 1 aromatic carbocycles. The largest absolute Gasteiger partial charge is 0.495 e. The SMILES string of the molecule is COc1cncc(C(O)c2ccccc2F)c1. The number of aromatic nitrogens is 1. The Bertz CT molecular complexity index is 516. The summed E-state index contributed by atoms with van der Waals surface area (Å²) in [7, 11) is 1.51. The van der Waals surface area contributed by atoms with Gasteiger partial charge < -0.3 is 9.84 Å². The van der Waals surface area contributed by atoms with E-state index in [1.165, 1.54) is 25.6 Å². The molecule has 0 radical (unpaired) electrons. The molecule has 0 fully saturated rings. The van der Waals surface area contributed by atoms with Gasteiger partial charge in [-0.2, -0.15) is 0 Å². The Balaban J connectivity index is 2.37. The fraction of sp³-hybridized carbons (Fsp3) is 0.154. The van der Waals surface area contributed by atoms with Crippen LogP contribution < -0.4 is 4.74 Å². The van der Waals surface area contributed by atoms with Crippen LogP contribution in [0.3, 0.4) is 0 Å².